The number of benzene rings is 1. The summed E-state index contributed by atoms with van der Waals surface area (Å²) >= 11 is 0. The average molecular weight is 547 g/mol. The summed E-state index contributed by atoms with van der Waals surface area (Å²) in [6.07, 6.45) is -6.02. The maximum atomic E-state index is 13.2. The van der Waals surface area contributed by atoms with Gasteiger partial charge in [0, 0.05) is 24.0 Å². The van der Waals surface area contributed by atoms with Crippen LogP contribution in [0.1, 0.15) is 63.1 Å². The Labute approximate surface area is 215 Å². The SMILES string of the molecule is CC(C)(C)OC(=O)NC1CCC(Nc2ncnc(Nc3cc(C(F)(F)F)cc(C(F)(F)F)c3)c2C=N)CC1. The van der Waals surface area contributed by atoms with Gasteiger partial charge in [0.2, 0.25) is 0 Å². The zero-order chi connectivity index (χ0) is 28.3. The molecule has 0 spiro atoms. The fourth-order valence-electron chi connectivity index (χ4n) is 3.96. The number of carbonyl (C=O) groups excluding carboxylic acids is 1. The van der Waals surface area contributed by atoms with Crippen molar-refractivity contribution in [1.29, 1.82) is 5.41 Å². The Balaban J connectivity index is 1.73. The Morgan fingerprint density at radius 1 is 0.921 bits per heavy atom. The van der Waals surface area contributed by atoms with Gasteiger partial charge in [0.25, 0.3) is 0 Å². The van der Waals surface area contributed by atoms with Crippen LogP contribution in [-0.2, 0) is 17.1 Å². The molecule has 0 atom stereocenters. The van der Waals surface area contributed by atoms with Crippen molar-refractivity contribution in [3.8, 4) is 0 Å². The number of alkyl carbamates (subject to hydrolysis) is 1. The molecule has 14 heteroatoms. The number of hydrogen-bond acceptors (Lipinski definition) is 7. The van der Waals surface area contributed by atoms with E-state index in [0.717, 1.165) is 12.5 Å². The number of alkyl halides is 6. The van der Waals surface area contributed by atoms with Crippen LogP contribution < -0.4 is 16.0 Å². The number of amides is 1. The van der Waals surface area contributed by atoms with E-state index in [2.05, 4.69) is 25.9 Å². The normalized spacial score (nSPS) is 18.4. The molecule has 1 aromatic heterocycles. The monoisotopic (exact) mass is 546 g/mol. The molecule has 38 heavy (non-hydrogen) atoms. The third-order valence-corrected chi connectivity index (χ3v) is 5.67. The lowest BCUT2D eigenvalue weighted by Gasteiger charge is -2.31. The third kappa shape index (κ3) is 7.96. The second kappa shape index (κ2) is 11.0. The molecule has 1 fully saturated rings. The second-order valence-electron chi connectivity index (χ2n) is 9.89. The van der Waals surface area contributed by atoms with Gasteiger partial charge in [-0.1, -0.05) is 0 Å². The van der Waals surface area contributed by atoms with Gasteiger partial charge in [0.05, 0.1) is 16.7 Å². The highest BCUT2D eigenvalue weighted by Crippen LogP contribution is 2.38. The average Bonchev–Trinajstić information content (AvgIpc) is 2.78. The first-order chi connectivity index (χ1) is 17.5. The maximum absolute atomic E-state index is 13.2. The van der Waals surface area contributed by atoms with Gasteiger partial charge in [-0.3, -0.25) is 0 Å². The van der Waals surface area contributed by atoms with Gasteiger partial charge < -0.3 is 26.1 Å². The number of nitrogens with one attached hydrogen (secondary N) is 4. The summed E-state index contributed by atoms with van der Waals surface area (Å²) in [6, 6.07) is 0.924. The van der Waals surface area contributed by atoms with E-state index < -0.39 is 40.9 Å². The summed E-state index contributed by atoms with van der Waals surface area (Å²) in [5, 5.41) is 16.2. The number of nitrogens with zero attached hydrogens (tertiary/aromatic N) is 2. The van der Waals surface area contributed by atoms with Crippen LogP contribution in [0.15, 0.2) is 24.5 Å². The minimum Gasteiger partial charge on any atom is -0.444 e. The minimum atomic E-state index is -5.00. The van der Waals surface area contributed by atoms with E-state index in [9.17, 15) is 31.1 Å². The summed E-state index contributed by atoms with van der Waals surface area (Å²) in [5.41, 5.74) is -4.00. The Kier molecular flexibility index (Phi) is 8.42. The highest BCUT2D eigenvalue weighted by molar-refractivity contribution is 5.91. The molecule has 1 heterocycles. The van der Waals surface area contributed by atoms with Gasteiger partial charge >= 0.3 is 18.4 Å². The van der Waals surface area contributed by atoms with Crippen molar-refractivity contribution < 1.29 is 35.9 Å². The van der Waals surface area contributed by atoms with E-state index in [1.165, 1.54) is 0 Å². The van der Waals surface area contributed by atoms with Crippen molar-refractivity contribution in [3.63, 3.8) is 0 Å². The van der Waals surface area contributed by atoms with Crippen molar-refractivity contribution in [2.45, 2.75) is 76.5 Å². The third-order valence-electron chi connectivity index (χ3n) is 5.67. The molecule has 0 bridgehead atoms. The number of rotatable bonds is 6. The molecule has 0 unspecified atom stereocenters. The first-order valence-corrected chi connectivity index (χ1v) is 11.7. The summed E-state index contributed by atoms with van der Waals surface area (Å²) in [4.78, 5) is 20.0. The molecule has 0 aliphatic heterocycles. The fraction of sp³-hybridized carbons (Fsp3) is 0.500. The predicted molar refractivity (Wildman–Crippen MR) is 129 cm³/mol. The zero-order valence-electron chi connectivity index (χ0n) is 20.8. The Bertz CT molecular complexity index is 1120. The first-order valence-electron chi connectivity index (χ1n) is 11.7. The molecule has 1 aliphatic rings. The van der Waals surface area contributed by atoms with Crippen LogP contribution in [0.25, 0.3) is 0 Å². The second-order valence-corrected chi connectivity index (χ2v) is 9.89. The van der Waals surface area contributed by atoms with Crippen LogP contribution in [0.5, 0.6) is 0 Å². The van der Waals surface area contributed by atoms with Crippen LogP contribution in [0.3, 0.4) is 0 Å². The van der Waals surface area contributed by atoms with Crippen LogP contribution in [-0.4, -0.2) is 40.0 Å². The number of carbonyl (C=O) groups is 1. The molecule has 0 saturated heterocycles. The summed E-state index contributed by atoms with van der Waals surface area (Å²) < 4.78 is 84.6. The largest absolute Gasteiger partial charge is 0.444 e. The van der Waals surface area contributed by atoms with Gasteiger partial charge in [-0.05, 0) is 64.7 Å². The van der Waals surface area contributed by atoms with E-state index in [1.54, 1.807) is 20.8 Å². The number of ether oxygens (including phenoxy) is 1. The van der Waals surface area contributed by atoms with Crippen LogP contribution in [0.4, 0.5) is 48.5 Å². The van der Waals surface area contributed by atoms with Crippen molar-refractivity contribution in [2.75, 3.05) is 10.6 Å². The Morgan fingerprint density at radius 2 is 1.45 bits per heavy atom. The lowest BCUT2D eigenvalue weighted by molar-refractivity contribution is -0.143. The summed E-state index contributed by atoms with van der Waals surface area (Å²) in [5.74, 6) is 0.0642. The first kappa shape index (κ1) is 29.0. The van der Waals surface area contributed by atoms with Crippen LogP contribution in [0.2, 0.25) is 0 Å². The smallest absolute Gasteiger partial charge is 0.416 e. The maximum Gasteiger partial charge on any atom is 0.416 e. The molecule has 8 nitrogen and oxygen atoms in total. The van der Waals surface area contributed by atoms with E-state index >= 15 is 0 Å². The highest BCUT2D eigenvalue weighted by Gasteiger charge is 2.37. The molecular formula is C24H28F6N6O2. The topological polar surface area (TPSA) is 112 Å². The minimum absolute atomic E-state index is 0.0314. The molecule has 3 rings (SSSR count). The standard InChI is InChI=1S/C24H28F6N6O2/c1-22(2,3)38-21(37)36-16-6-4-15(5-7-16)34-19-18(11-31)20(33-12-32-19)35-17-9-13(23(25,26)27)8-14(10-17)24(28,29)30/h8-12,15-16,31H,4-7H2,1-3H3,(H,36,37)(H2,32,33,34,35). The van der Waals surface area contributed by atoms with Crippen LogP contribution in [0, 0.1) is 5.41 Å². The lowest BCUT2D eigenvalue weighted by atomic mass is 9.91. The molecule has 0 radical (unpaired) electrons. The van der Waals surface area contributed by atoms with Crippen molar-refractivity contribution >= 4 is 29.6 Å². The van der Waals surface area contributed by atoms with Crippen LogP contribution >= 0.6 is 0 Å². The van der Waals surface area contributed by atoms with Gasteiger partial charge in [0.15, 0.2) is 0 Å². The molecule has 2 aromatic rings. The lowest BCUT2D eigenvalue weighted by Crippen LogP contribution is -2.42. The van der Waals surface area contributed by atoms with Crippen molar-refractivity contribution in [3.05, 3.63) is 41.2 Å². The molecule has 1 aliphatic carbocycles. The summed E-state index contributed by atoms with van der Waals surface area (Å²) in [7, 11) is 0. The fourth-order valence-corrected chi connectivity index (χ4v) is 3.96. The number of halogens is 6. The Morgan fingerprint density at radius 3 is 1.95 bits per heavy atom. The number of anilines is 3. The van der Waals surface area contributed by atoms with E-state index in [4.69, 9.17) is 10.1 Å². The van der Waals surface area contributed by atoms with Crippen molar-refractivity contribution in [1.82, 2.24) is 15.3 Å². The van der Waals surface area contributed by atoms with E-state index in [0.29, 0.717) is 37.8 Å². The summed E-state index contributed by atoms with van der Waals surface area (Å²) in [6.45, 7) is 5.30. The van der Waals surface area contributed by atoms with Gasteiger partial charge in [-0.15, -0.1) is 0 Å². The number of hydrogen-bond donors (Lipinski definition) is 4. The molecule has 4 N–H and O–H groups in total. The molecule has 1 aromatic carbocycles. The number of aromatic nitrogens is 2. The molecule has 1 amide bonds. The van der Waals surface area contributed by atoms with E-state index in [-0.39, 0.29) is 35.3 Å². The Hall–Kier alpha value is -3.58. The van der Waals surface area contributed by atoms with Gasteiger partial charge in [0.1, 0.15) is 23.6 Å². The van der Waals surface area contributed by atoms with Gasteiger partial charge in [-0.25, -0.2) is 14.8 Å². The molecule has 1 saturated carbocycles. The van der Waals surface area contributed by atoms with Crippen molar-refractivity contribution in [2.24, 2.45) is 0 Å². The van der Waals surface area contributed by atoms with Gasteiger partial charge in [-0.2, -0.15) is 26.3 Å². The predicted octanol–water partition coefficient (Wildman–Crippen LogP) is 6.50. The molecule has 208 valence electrons. The quantitative estimate of drug-likeness (QED) is 0.243. The highest BCUT2D eigenvalue weighted by atomic mass is 19.4. The molecular weight excluding hydrogens is 518 g/mol. The van der Waals surface area contributed by atoms with E-state index in [1.807, 2.05) is 0 Å². The zero-order valence-corrected chi connectivity index (χ0v) is 20.8.